The average molecular weight is 462 g/mol. The molecule has 1 N–H and O–H groups in total. The Hall–Kier alpha value is -1.38. The van der Waals surface area contributed by atoms with Crippen LogP contribution in [0.1, 0.15) is 50.4 Å². The van der Waals surface area contributed by atoms with Gasteiger partial charge >= 0.3 is 6.09 Å². The Morgan fingerprint density at radius 1 is 1.36 bits per heavy atom. The number of hydrogen-bond acceptors (Lipinski definition) is 3. The monoisotopic (exact) mass is 462 g/mol. The topological polar surface area (TPSA) is 58.6 Å². The Bertz CT molecular complexity index is 646. The lowest BCUT2D eigenvalue weighted by Gasteiger charge is -2.36. The molecule has 0 spiro atoms. The molecular weight excluding hydrogens is 438 g/mol. The van der Waals surface area contributed by atoms with Crippen LogP contribution in [-0.2, 0) is 4.74 Å². The minimum Gasteiger partial charge on any atom is -0.444 e. The van der Waals surface area contributed by atoms with Crippen LogP contribution in [0.15, 0.2) is 18.2 Å². The first-order valence-electron chi connectivity index (χ1n) is 8.40. The van der Waals surface area contributed by atoms with Gasteiger partial charge < -0.3 is 15.0 Å². The lowest BCUT2D eigenvalue weighted by molar-refractivity contribution is 0.0462. The van der Waals surface area contributed by atoms with Crippen LogP contribution in [0.3, 0.4) is 0 Å². The summed E-state index contributed by atoms with van der Waals surface area (Å²) in [6.07, 6.45) is 2.26. The van der Waals surface area contributed by atoms with Crippen molar-refractivity contribution >= 4 is 34.6 Å². The molecule has 1 fully saturated rings. The summed E-state index contributed by atoms with van der Waals surface area (Å²) in [4.78, 5) is 26.5. The second kappa shape index (κ2) is 8.33. The highest BCUT2D eigenvalue weighted by Crippen LogP contribution is 2.22. The minimum atomic E-state index is -0.559. The van der Waals surface area contributed by atoms with E-state index in [1.54, 1.807) is 25.7 Å². The maximum absolute atomic E-state index is 13.3. The van der Waals surface area contributed by atoms with Gasteiger partial charge in [-0.1, -0.05) is 0 Å². The van der Waals surface area contributed by atoms with Gasteiger partial charge in [0.05, 0.1) is 5.56 Å². The van der Waals surface area contributed by atoms with Gasteiger partial charge in [0.15, 0.2) is 0 Å². The number of carbonyl (C=O) groups is 2. The van der Waals surface area contributed by atoms with Gasteiger partial charge in [-0.05, 0) is 80.8 Å². The van der Waals surface area contributed by atoms with E-state index < -0.39 is 11.7 Å². The summed E-state index contributed by atoms with van der Waals surface area (Å²) in [5.74, 6) is -0.483. The van der Waals surface area contributed by atoms with Crippen molar-refractivity contribution in [3.05, 3.63) is 33.1 Å². The van der Waals surface area contributed by atoms with Gasteiger partial charge in [0, 0.05) is 22.7 Å². The summed E-state index contributed by atoms with van der Waals surface area (Å²) in [5.41, 5.74) is -0.0673. The van der Waals surface area contributed by atoms with Crippen LogP contribution in [-0.4, -0.2) is 41.6 Å². The van der Waals surface area contributed by atoms with Gasteiger partial charge in [-0.2, -0.15) is 0 Å². The largest absolute Gasteiger partial charge is 0.444 e. The molecule has 0 saturated carbocycles. The molecule has 2 amide bonds. The lowest BCUT2D eigenvalue weighted by atomic mass is 10.0. The molecule has 1 aromatic carbocycles. The zero-order chi connectivity index (χ0) is 18.6. The van der Waals surface area contributed by atoms with Crippen molar-refractivity contribution in [3.8, 4) is 0 Å². The van der Waals surface area contributed by atoms with Gasteiger partial charge in [-0.3, -0.25) is 4.79 Å². The molecule has 1 aliphatic heterocycles. The van der Waals surface area contributed by atoms with Crippen molar-refractivity contribution in [1.29, 1.82) is 0 Å². The number of ether oxygens (including phenoxy) is 1. The zero-order valence-corrected chi connectivity index (χ0v) is 16.9. The summed E-state index contributed by atoms with van der Waals surface area (Å²) >= 11 is 1.97. The van der Waals surface area contributed by atoms with Gasteiger partial charge in [-0.15, -0.1) is 0 Å². The third-order valence-corrected chi connectivity index (χ3v) is 4.82. The summed E-state index contributed by atoms with van der Waals surface area (Å²) < 4.78 is 19.1. The maximum Gasteiger partial charge on any atom is 0.407 e. The van der Waals surface area contributed by atoms with E-state index in [1.807, 2.05) is 22.6 Å². The Kier molecular flexibility index (Phi) is 6.65. The Morgan fingerprint density at radius 2 is 2.08 bits per heavy atom. The van der Waals surface area contributed by atoms with E-state index in [0.29, 0.717) is 22.2 Å². The molecule has 1 aromatic rings. The van der Waals surface area contributed by atoms with Crippen LogP contribution in [0.4, 0.5) is 9.18 Å². The summed E-state index contributed by atoms with van der Waals surface area (Å²) in [6.45, 7) is 6.39. The molecule has 1 unspecified atom stereocenters. The highest BCUT2D eigenvalue weighted by molar-refractivity contribution is 14.1. The molecule has 0 aliphatic carbocycles. The van der Waals surface area contributed by atoms with Crippen molar-refractivity contribution in [2.45, 2.75) is 51.7 Å². The number of rotatable bonds is 3. The lowest BCUT2D eigenvalue weighted by Crippen LogP contribution is -2.50. The molecule has 1 atom stereocenters. The van der Waals surface area contributed by atoms with E-state index in [1.165, 1.54) is 18.2 Å². The number of benzene rings is 1. The van der Waals surface area contributed by atoms with Crippen molar-refractivity contribution < 1.29 is 18.7 Å². The fraction of sp³-hybridized carbons (Fsp3) is 0.556. The number of carbonyl (C=O) groups excluding carboxylic acids is 2. The first kappa shape index (κ1) is 19.9. The Balaban J connectivity index is 2.04. The van der Waals surface area contributed by atoms with Crippen LogP contribution in [0.5, 0.6) is 0 Å². The fourth-order valence-corrected chi connectivity index (χ4v) is 3.52. The first-order chi connectivity index (χ1) is 11.7. The molecule has 1 saturated heterocycles. The van der Waals surface area contributed by atoms with Crippen molar-refractivity contribution in [3.63, 3.8) is 0 Å². The highest BCUT2D eigenvalue weighted by atomic mass is 127. The van der Waals surface area contributed by atoms with Crippen LogP contribution in [0.25, 0.3) is 0 Å². The third-order valence-electron chi connectivity index (χ3n) is 3.93. The summed E-state index contributed by atoms with van der Waals surface area (Å²) in [5, 5.41) is 2.75. The number of piperidine rings is 1. The van der Waals surface area contributed by atoms with Crippen molar-refractivity contribution in [1.82, 2.24) is 10.2 Å². The van der Waals surface area contributed by atoms with E-state index in [9.17, 15) is 14.0 Å². The van der Waals surface area contributed by atoms with Gasteiger partial charge in [0.2, 0.25) is 0 Å². The fourth-order valence-electron chi connectivity index (χ4n) is 2.81. The van der Waals surface area contributed by atoms with Crippen molar-refractivity contribution in [2.75, 3.05) is 13.1 Å². The van der Waals surface area contributed by atoms with Crippen LogP contribution >= 0.6 is 22.6 Å². The highest BCUT2D eigenvalue weighted by Gasteiger charge is 2.29. The summed E-state index contributed by atoms with van der Waals surface area (Å²) in [7, 11) is 0. The molecule has 1 heterocycles. The molecule has 0 radical (unpaired) electrons. The number of likely N-dealkylation sites (tertiary alicyclic amines) is 1. The second-order valence-corrected chi connectivity index (χ2v) is 8.32. The van der Waals surface area contributed by atoms with Crippen LogP contribution in [0.2, 0.25) is 0 Å². The number of hydrogen-bond donors (Lipinski definition) is 1. The minimum absolute atomic E-state index is 0.0883. The SMILES string of the molecule is CC(C)(C)OC(=O)NCC1CCCCN1C(=O)c1ccc(F)cc1I. The van der Waals surface area contributed by atoms with E-state index in [2.05, 4.69) is 5.32 Å². The predicted molar refractivity (Wildman–Crippen MR) is 102 cm³/mol. The smallest absolute Gasteiger partial charge is 0.407 e. The standard InChI is InChI=1S/C18H24FIN2O3/c1-18(2,3)25-17(24)21-11-13-6-4-5-9-22(13)16(23)14-8-7-12(19)10-15(14)20/h7-8,10,13H,4-6,9,11H2,1-3H3,(H,21,24). The first-order valence-corrected chi connectivity index (χ1v) is 9.48. The van der Waals surface area contributed by atoms with Crippen LogP contribution in [0, 0.1) is 9.39 Å². The molecular formula is C18H24FIN2O3. The average Bonchev–Trinajstić information content (AvgIpc) is 2.51. The van der Waals surface area contributed by atoms with Gasteiger partial charge in [0.25, 0.3) is 5.91 Å². The molecule has 0 aromatic heterocycles. The quantitative estimate of drug-likeness (QED) is 0.693. The predicted octanol–water partition coefficient (Wildman–Crippen LogP) is 3.95. The number of nitrogens with zero attached hydrogens (tertiary/aromatic N) is 1. The van der Waals surface area contributed by atoms with E-state index >= 15 is 0 Å². The number of alkyl carbamates (subject to hydrolysis) is 1. The Labute approximate surface area is 161 Å². The molecule has 25 heavy (non-hydrogen) atoms. The third kappa shape index (κ3) is 5.83. The zero-order valence-electron chi connectivity index (χ0n) is 14.8. The molecule has 138 valence electrons. The van der Waals surface area contributed by atoms with E-state index in [-0.39, 0.29) is 17.8 Å². The summed E-state index contributed by atoms with van der Waals surface area (Å²) in [6, 6.07) is 4.08. The number of amides is 2. The molecule has 2 rings (SSSR count). The van der Waals surface area contributed by atoms with Crippen LogP contribution < -0.4 is 5.32 Å². The molecule has 5 nitrogen and oxygen atoms in total. The Morgan fingerprint density at radius 3 is 2.72 bits per heavy atom. The molecule has 1 aliphatic rings. The van der Waals surface area contributed by atoms with Crippen molar-refractivity contribution in [2.24, 2.45) is 0 Å². The number of halogens is 2. The maximum atomic E-state index is 13.3. The van der Waals surface area contributed by atoms with Gasteiger partial charge in [-0.25, -0.2) is 9.18 Å². The molecule has 7 heteroatoms. The van der Waals surface area contributed by atoms with Gasteiger partial charge in [0.1, 0.15) is 11.4 Å². The van der Waals surface area contributed by atoms with E-state index in [0.717, 1.165) is 19.3 Å². The van der Waals surface area contributed by atoms with E-state index in [4.69, 9.17) is 4.74 Å². The molecule has 0 bridgehead atoms. The second-order valence-electron chi connectivity index (χ2n) is 7.16. The normalized spacial score (nSPS) is 18.0. The number of nitrogens with one attached hydrogen (secondary N) is 1.